The molecule has 1 aliphatic heterocycles. The van der Waals surface area contributed by atoms with Crippen LogP contribution < -0.4 is 5.73 Å². The van der Waals surface area contributed by atoms with Crippen molar-refractivity contribution in [2.75, 3.05) is 18.8 Å². The van der Waals surface area contributed by atoms with Gasteiger partial charge >= 0.3 is 5.69 Å². The predicted octanol–water partition coefficient (Wildman–Crippen LogP) is 2.13. The Hall–Kier alpha value is -1.67. The first-order valence-electron chi connectivity index (χ1n) is 6.97. The number of benzene rings is 1. The fraction of sp³-hybridized carbons (Fsp3) is 0.538. The summed E-state index contributed by atoms with van der Waals surface area (Å²) < 4.78 is 26.7. The number of para-hydroxylation sites is 1. The van der Waals surface area contributed by atoms with Crippen LogP contribution in [0.5, 0.6) is 0 Å². The molecule has 0 bridgehead atoms. The van der Waals surface area contributed by atoms with Gasteiger partial charge in [-0.15, -0.1) is 0 Å². The van der Waals surface area contributed by atoms with E-state index in [4.69, 9.17) is 5.73 Å². The van der Waals surface area contributed by atoms with Gasteiger partial charge in [-0.1, -0.05) is 25.3 Å². The Morgan fingerprint density at radius 1 is 1.10 bits per heavy atom. The van der Waals surface area contributed by atoms with E-state index in [-0.39, 0.29) is 10.6 Å². The van der Waals surface area contributed by atoms with E-state index in [1.165, 1.54) is 22.5 Å². The normalized spacial score (nSPS) is 17.9. The van der Waals surface area contributed by atoms with Crippen LogP contribution in [0.2, 0.25) is 0 Å². The van der Waals surface area contributed by atoms with Gasteiger partial charge < -0.3 is 5.73 Å². The summed E-state index contributed by atoms with van der Waals surface area (Å²) in [6.07, 6.45) is 4.60. The molecule has 2 rings (SSSR count). The molecule has 1 saturated heterocycles. The second-order valence-electron chi connectivity index (χ2n) is 5.12. The average molecular weight is 313 g/mol. The monoisotopic (exact) mass is 313 g/mol. The quantitative estimate of drug-likeness (QED) is 0.522. The summed E-state index contributed by atoms with van der Waals surface area (Å²) in [5.41, 5.74) is 4.92. The number of rotatable bonds is 3. The number of nitro groups is 1. The Bertz CT molecular complexity index is 622. The molecule has 0 amide bonds. The third kappa shape index (κ3) is 3.33. The minimum Gasteiger partial charge on any atom is -0.393 e. The van der Waals surface area contributed by atoms with Crippen molar-refractivity contribution in [3.63, 3.8) is 0 Å². The van der Waals surface area contributed by atoms with Crippen LogP contribution in [0.25, 0.3) is 0 Å². The maximum atomic E-state index is 12.7. The van der Waals surface area contributed by atoms with Crippen molar-refractivity contribution >= 4 is 21.4 Å². The maximum absolute atomic E-state index is 12.7. The highest BCUT2D eigenvalue weighted by Gasteiger charge is 2.33. The standard InChI is InChI=1S/C13H19N3O4S/c14-11-7-6-8-12(13(11)16(17)18)21(19,20)15-9-4-2-1-3-5-10-15/h6-8H,1-5,9-10,14H2. The molecular weight excluding hydrogens is 294 g/mol. The lowest BCUT2D eigenvalue weighted by Crippen LogP contribution is -2.34. The van der Waals surface area contributed by atoms with Gasteiger partial charge in [0.25, 0.3) is 0 Å². The molecule has 7 nitrogen and oxygen atoms in total. The van der Waals surface area contributed by atoms with Crippen LogP contribution in [0, 0.1) is 10.1 Å². The Balaban J connectivity index is 2.43. The molecule has 2 N–H and O–H groups in total. The molecule has 0 aliphatic carbocycles. The van der Waals surface area contributed by atoms with E-state index < -0.39 is 20.6 Å². The first kappa shape index (κ1) is 15.7. The average Bonchev–Trinajstić information content (AvgIpc) is 2.36. The van der Waals surface area contributed by atoms with Crippen molar-refractivity contribution < 1.29 is 13.3 Å². The van der Waals surface area contributed by atoms with Crippen molar-refractivity contribution in [1.82, 2.24) is 4.31 Å². The summed E-state index contributed by atoms with van der Waals surface area (Å²) >= 11 is 0. The molecule has 8 heteroatoms. The lowest BCUT2D eigenvalue weighted by Gasteiger charge is -2.24. The Kier molecular flexibility index (Phi) is 4.79. The Morgan fingerprint density at radius 2 is 1.67 bits per heavy atom. The van der Waals surface area contributed by atoms with Gasteiger partial charge in [0.15, 0.2) is 4.90 Å². The van der Waals surface area contributed by atoms with E-state index in [1.807, 2.05) is 0 Å². The van der Waals surface area contributed by atoms with Crippen LogP contribution in [-0.2, 0) is 10.0 Å². The number of nitro benzene ring substituents is 1. The molecule has 1 aromatic carbocycles. The molecular formula is C13H19N3O4S. The zero-order valence-electron chi connectivity index (χ0n) is 11.7. The summed E-state index contributed by atoms with van der Waals surface area (Å²) in [6.45, 7) is 0.794. The Morgan fingerprint density at radius 3 is 2.24 bits per heavy atom. The zero-order chi connectivity index (χ0) is 15.5. The third-order valence-corrected chi connectivity index (χ3v) is 5.58. The lowest BCUT2D eigenvalue weighted by molar-refractivity contribution is -0.386. The second-order valence-corrected chi connectivity index (χ2v) is 7.03. The molecule has 0 radical (unpaired) electrons. The summed E-state index contributed by atoms with van der Waals surface area (Å²) in [7, 11) is -3.89. The zero-order valence-corrected chi connectivity index (χ0v) is 12.5. The van der Waals surface area contributed by atoms with Crippen molar-refractivity contribution in [3.8, 4) is 0 Å². The highest BCUT2D eigenvalue weighted by atomic mass is 32.2. The van der Waals surface area contributed by atoms with Gasteiger partial charge in [-0.3, -0.25) is 10.1 Å². The highest BCUT2D eigenvalue weighted by molar-refractivity contribution is 7.89. The molecule has 116 valence electrons. The fourth-order valence-electron chi connectivity index (χ4n) is 2.54. The second kappa shape index (κ2) is 6.40. The minimum absolute atomic E-state index is 0.131. The van der Waals surface area contributed by atoms with Crippen LogP contribution in [0.1, 0.15) is 32.1 Å². The van der Waals surface area contributed by atoms with Crippen LogP contribution in [-0.4, -0.2) is 30.7 Å². The largest absolute Gasteiger partial charge is 0.393 e. The molecule has 1 aromatic rings. The van der Waals surface area contributed by atoms with Gasteiger partial charge in [0.1, 0.15) is 5.69 Å². The van der Waals surface area contributed by atoms with Crippen molar-refractivity contribution in [2.24, 2.45) is 0 Å². The predicted molar refractivity (Wildman–Crippen MR) is 79.4 cm³/mol. The van der Waals surface area contributed by atoms with Gasteiger partial charge in [0.2, 0.25) is 10.0 Å². The molecule has 0 saturated carbocycles. The summed E-state index contributed by atoms with van der Waals surface area (Å²) in [5.74, 6) is 0. The van der Waals surface area contributed by atoms with Gasteiger partial charge in [-0.25, -0.2) is 8.42 Å². The van der Waals surface area contributed by atoms with Crippen LogP contribution >= 0.6 is 0 Å². The van der Waals surface area contributed by atoms with Crippen molar-refractivity contribution in [2.45, 2.75) is 37.0 Å². The first-order valence-corrected chi connectivity index (χ1v) is 8.41. The first-order chi connectivity index (χ1) is 9.94. The summed E-state index contributed by atoms with van der Waals surface area (Å²) in [6, 6.07) is 4.02. The van der Waals surface area contributed by atoms with Gasteiger partial charge in [0.05, 0.1) is 4.92 Å². The number of hydrogen-bond donors (Lipinski definition) is 1. The molecule has 0 unspecified atom stereocenters. The lowest BCUT2D eigenvalue weighted by atomic mass is 10.1. The van der Waals surface area contributed by atoms with E-state index in [2.05, 4.69) is 0 Å². The van der Waals surface area contributed by atoms with Crippen LogP contribution in [0.3, 0.4) is 0 Å². The molecule has 1 fully saturated rings. The van der Waals surface area contributed by atoms with E-state index >= 15 is 0 Å². The third-order valence-electron chi connectivity index (χ3n) is 3.65. The van der Waals surface area contributed by atoms with E-state index in [9.17, 15) is 18.5 Å². The molecule has 1 aliphatic rings. The molecule has 1 heterocycles. The molecule has 0 atom stereocenters. The van der Waals surface area contributed by atoms with Gasteiger partial charge in [0, 0.05) is 13.1 Å². The number of nitrogen functional groups attached to an aromatic ring is 1. The number of hydrogen-bond acceptors (Lipinski definition) is 5. The van der Waals surface area contributed by atoms with Gasteiger partial charge in [-0.2, -0.15) is 4.31 Å². The van der Waals surface area contributed by atoms with Crippen LogP contribution in [0.15, 0.2) is 23.1 Å². The SMILES string of the molecule is Nc1cccc(S(=O)(=O)N2CCCCCCC2)c1[N+](=O)[O-]. The fourth-order valence-corrected chi connectivity index (χ4v) is 4.25. The van der Waals surface area contributed by atoms with Crippen molar-refractivity contribution in [3.05, 3.63) is 28.3 Å². The summed E-state index contributed by atoms with van der Waals surface area (Å²) in [5, 5.41) is 11.1. The topological polar surface area (TPSA) is 107 Å². The minimum atomic E-state index is -3.89. The number of nitrogens with zero attached hydrogens (tertiary/aromatic N) is 2. The Labute approximate surface area is 123 Å². The highest BCUT2D eigenvalue weighted by Crippen LogP contribution is 2.32. The van der Waals surface area contributed by atoms with Crippen LogP contribution in [0.4, 0.5) is 11.4 Å². The smallest absolute Gasteiger partial charge is 0.312 e. The number of nitrogens with two attached hydrogens (primary N) is 1. The van der Waals surface area contributed by atoms with E-state index in [0.717, 1.165) is 32.1 Å². The number of sulfonamides is 1. The van der Waals surface area contributed by atoms with E-state index in [1.54, 1.807) is 0 Å². The number of anilines is 1. The van der Waals surface area contributed by atoms with Gasteiger partial charge in [-0.05, 0) is 25.0 Å². The van der Waals surface area contributed by atoms with E-state index in [0.29, 0.717) is 13.1 Å². The summed E-state index contributed by atoms with van der Waals surface area (Å²) in [4.78, 5) is 10.1. The molecule has 0 spiro atoms. The van der Waals surface area contributed by atoms with Crippen molar-refractivity contribution in [1.29, 1.82) is 0 Å². The molecule has 21 heavy (non-hydrogen) atoms. The maximum Gasteiger partial charge on any atom is 0.312 e. The molecule has 0 aromatic heterocycles.